The molecule has 3 aromatic carbocycles. The van der Waals surface area contributed by atoms with Crippen molar-refractivity contribution in [3.63, 3.8) is 0 Å². The van der Waals surface area contributed by atoms with E-state index in [9.17, 15) is 9.59 Å². The molecule has 2 atom stereocenters. The maximum atomic E-state index is 11.8. The van der Waals surface area contributed by atoms with Gasteiger partial charge in [0.1, 0.15) is 6.04 Å². The van der Waals surface area contributed by atoms with Gasteiger partial charge in [-0.15, -0.1) is 22.7 Å². The molecule has 4 heterocycles. The molecule has 252 valence electrons. The van der Waals surface area contributed by atoms with Crippen LogP contribution in [0.2, 0.25) is 0 Å². The summed E-state index contributed by atoms with van der Waals surface area (Å²) in [5.41, 5.74) is 18.5. The summed E-state index contributed by atoms with van der Waals surface area (Å²) in [4.78, 5) is 30.8. The number of carbonyl (C=O) groups is 2. The molecule has 0 spiro atoms. The molecular formula is C38H41N6O2PS2. The number of hydrogen-bond donors (Lipinski definition) is 3. The van der Waals surface area contributed by atoms with Crippen LogP contribution in [-0.4, -0.2) is 23.9 Å². The quantitative estimate of drug-likeness (QED) is 0.0758. The Kier molecular flexibility index (Phi) is 12.4. The summed E-state index contributed by atoms with van der Waals surface area (Å²) in [6.45, 7) is 8.17. The van der Waals surface area contributed by atoms with E-state index in [1.54, 1.807) is 22.7 Å². The highest BCUT2D eigenvalue weighted by molar-refractivity contribution is 7.79. The van der Waals surface area contributed by atoms with Crippen LogP contribution in [0.25, 0.3) is 10.4 Å². The maximum Gasteiger partial charge on any atom is 0.241 e. The van der Waals surface area contributed by atoms with Crippen LogP contribution in [-0.2, 0) is 22.4 Å². The number of nitrogens with two attached hydrogens (primary N) is 1. The number of hydrogen-bond acceptors (Lipinski definition) is 6. The third-order valence-corrected chi connectivity index (χ3v) is 13.1. The fourth-order valence-electron chi connectivity index (χ4n) is 6.01. The molecule has 0 bridgehead atoms. The number of aryl methyl sites for hydroxylation is 4. The Morgan fingerprint density at radius 1 is 0.673 bits per heavy atom. The molecule has 2 aliphatic heterocycles. The van der Waals surface area contributed by atoms with E-state index in [2.05, 4.69) is 126 Å². The first kappa shape index (κ1) is 36.0. The van der Waals surface area contributed by atoms with Gasteiger partial charge < -0.3 is 16.4 Å². The lowest BCUT2D eigenvalue weighted by atomic mass is 10.1. The predicted molar refractivity (Wildman–Crippen MR) is 208 cm³/mol. The molecule has 4 N–H and O–H groups in total. The zero-order valence-electron chi connectivity index (χ0n) is 28.1. The van der Waals surface area contributed by atoms with E-state index in [1.165, 1.54) is 41.7 Å². The standard InChI is InChI=1S/C18H15P.C10H12N4OS.C10H14N2OS/c1-4-10-16(11-5-1)19(17-12-6-2-7-13-17)18-14-8-3-9-15-18;1-5-7-3-4-8(13-14-11)10(15)12-9(7)6(2)16-5;1-5-7-3-4-8(11)10(13)12-9(7)6(2)14-5/h1-15H;8H,3-4H2,1-2H3,(H,12,15);8H,3-4,11H2,1-2H3,(H,12,13). The van der Waals surface area contributed by atoms with Gasteiger partial charge in [-0.25, -0.2) is 0 Å². The Morgan fingerprint density at radius 3 is 1.51 bits per heavy atom. The van der Waals surface area contributed by atoms with Crippen molar-refractivity contribution in [1.82, 2.24) is 0 Å². The fourth-order valence-corrected chi connectivity index (χ4v) is 10.4. The van der Waals surface area contributed by atoms with Crippen LogP contribution >= 0.6 is 30.6 Å². The average Bonchev–Trinajstić information content (AvgIpc) is 3.37. The van der Waals surface area contributed by atoms with E-state index >= 15 is 0 Å². The van der Waals surface area contributed by atoms with Gasteiger partial charge in [-0.3, -0.25) is 9.59 Å². The Hall–Kier alpha value is -4.30. The van der Waals surface area contributed by atoms with Gasteiger partial charge in [-0.2, -0.15) is 0 Å². The number of rotatable bonds is 4. The van der Waals surface area contributed by atoms with Crippen LogP contribution in [0.5, 0.6) is 0 Å². The van der Waals surface area contributed by atoms with Crippen molar-refractivity contribution in [2.45, 2.75) is 65.5 Å². The van der Waals surface area contributed by atoms with Gasteiger partial charge in [-0.1, -0.05) is 96.1 Å². The molecule has 0 radical (unpaired) electrons. The summed E-state index contributed by atoms with van der Waals surface area (Å²) in [5, 5.41) is 13.5. The number of fused-ring (bicyclic) bond motifs is 2. The van der Waals surface area contributed by atoms with E-state index in [0.717, 1.165) is 35.5 Å². The minimum atomic E-state index is -0.582. The normalized spacial score (nSPS) is 16.5. The van der Waals surface area contributed by atoms with Crippen molar-refractivity contribution < 1.29 is 9.59 Å². The highest BCUT2D eigenvalue weighted by Gasteiger charge is 2.26. The third-order valence-electron chi connectivity index (χ3n) is 8.51. The number of amides is 2. The van der Waals surface area contributed by atoms with Gasteiger partial charge in [0.15, 0.2) is 0 Å². The number of azide groups is 1. The second kappa shape index (κ2) is 16.9. The van der Waals surface area contributed by atoms with Crippen molar-refractivity contribution in [1.29, 1.82) is 0 Å². The largest absolute Gasteiger partial charge is 0.324 e. The van der Waals surface area contributed by atoms with Crippen LogP contribution in [0, 0.1) is 27.7 Å². The molecule has 2 aliphatic rings. The fraction of sp³-hybridized carbons (Fsp3) is 0.263. The molecule has 11 heteroatoms. The van der Waals surface area contributed by atoms with Crippen LogP contribution < -0.4 is 32.3 Å². The van der Waals surface area contributed by atoms with Gasteiger partial charge in [0.2, 0.25) is 11.8 Å². The highest BCUT2D eigenvalue weighted by Crippen LogP contribution is 2.36. The van der Waals surface area contributed by atoms with E-state index in [-0.39, 0.29) is 17.9 Å². The second-order valence-electron chi connectivity index (χ2n) is 11.9. The van der Waals surface area contributed by atoms with Crippen molar-refractivity contribution >= 4 is 69.7 Å². The van der Waals surface area contributed by atoms with Crippen molar-refractivity contribution in [2.24, 2.45) is 10.8 Å². The first-order chi connectivity index (χ1) is 23.7. The predicted octanol–water partition coefficient (Wildman–Crippen LogP) is 7.95. The number of anilines is 2. The van der Waals surface area contributed by atoms with Gasteiger partial charge >= 0.3 is 0 Å². The highest BCUT2D eigenvalue weighted by atomic mass is 32.1. The molecular weight excluding hydrogens is 668 g/mol. The van der Waals surface area contributed by atoms with Crippen LogP contribution in [0.4, 0.5) is 11.4 Å². The van der Waals surface area contributed by atoms with Gasteiger partial charge in [0.25, 0.3) is 0 Å². The molecule has 0 fully saturated rings. The summed E-state index contributed by atoms with van der Waals surface area (Å²) in [5.74, 6) is -0.248. The number of benzene rings is 3. The number of thiophene rings is 2. The molecule has 0 saturated carbocycles. The van der Waals surface area contributed by atoms with Crippen molar-refractivity contribution in [3.8, 4) is 0 Å². The lowest BCUT2D eigenvalue weighted by Gasteiger charge is -2.18. The molecule has 7 rings (SSSR count). The Morgan fingerprint density at radius 2 is 1.08 bits per heavy atom. The zero-order chi connectivity index (χ0) is 34.9. The van der Waals surface area contributed by atoms with E-state index in [0.29, 0.717) is 6.42 Å². The first-order valence-electron chi connectivity index (χ1n) is 16.2. The van der Waals surface area contributed by atoms with E-state index < -0.39 is 14.0 Å². The van der Waals surface area contributed by atoms with Crippen LogP contribution in [0.15, 0.2) is 96.1 Å². The number of nitrogens with zero attached hydrogens (tertiary/aromatic N) is 3. The SMILES string of the molecule is Cc1sc(C)c2c1CCC(N)C(=O)N2.Cc1sc(C)c2c1CCC(N=[N+]=[N-])C(=O)N2.c1ccc(P(c2ccccc2)c2ccccc2)cc1. The molecule has 0 aliphatic carbocycles. The first-order valence-corrected chi connectivity index (χ1v) is 19.2. The average molecular weight is 709 g/mol. The van der Waals surface area contributed by atoms with Crippen LogP contribution in [0.3, 0.4) is 0 Å². The summed E-state index contributed by atoms with van der Waals surface area (Å²) in [6.07, 6.45) is 3.02. The summed E-state index contributed by atoms with van der Waals surface area (Å²) in [6, 6.07) is 31.4. The van der Waals surface area contributed by atoms with Crippen LogP contribution in [0.1, 0.15) is 43.5 Å². The van der Waals surface area contributed by atoms with Gasteiger partial charge in [-0.05, 0) is 93.9 Å². The molecule has 49 heavy (non-hydrogen) atoms. The molecule has 2 amide bonds. The molecule has 0 saturated heterocycles. The number of carbonyl (C=O) groups excluding carboxylic acids is 2. The minimum Gasteiger partial charge on any atom is -0.324 e. The van der Waals surface area contributed by atoms with E-state index in [1.807, 2.05) is 13.8 Å². The van der Waals surface area contributed by atoms with E-state index in [4.69, 9.17) is 11.3 Å². The number of nitrogens with one attached hydrogen (secondary N) is 2. The van der Waals surface area contributed by atoms with Gasteiger partial charge in [0, 0.05) is 24.4 Å². The summed E-state index contributed by atoms with van der Waals surface area (Å²) in [7, 11) is -0.446. The molecule has 2 unspecified atom stereocenters. The molecule has 2 aromatic heterocycles. The monoisotopic (exact) mass is 708 g/mol. The zero-order valence-corrected chi connectivity index (χ0v) is 30.7. The minimum absolute atomic E-state index is 0.0512. The summed E-state index contributed by atoms with van der Waals surface area (Å²) >= 11 is 3.43. The Labute approximate surface area is 297 Å². The molecule has 5 aromatic rings. The Bertz CT molecular complexity index is 1850. The lowest BCUT2D eigenvalue weighted by Crippen LogP contribution is -2.34. The van der Waals surface area contributed by atoms with Crippen molar-refractivity contribution in [2.75, 3.05) is 10.6 Å². The summed E-state index contributed by atoms with van der Waals surface area (Å²) < 4.78 is 0. The lowest BCUT2D eigenvalue weighted by molar-refractivity contribution is -0.118. The second-order valence-corrected chi connectivity index (χ2v) is 16.9. The third kappa shape index (κ3) is 8.84. The maximum absolute atomic E-state index is 11.8. The molecule has 8 nitrogen and oxygen atoms in total. The topological polar surface area (TPSA) is 133 Å². The van der Waals surface area contributed by atoms with Crippen molar-refractivity contribution in [3.05, 3.63) is 132 Å². The smallest absolute Gasteiger partial charge is 0.241 e. The Balaban J connectivity index is 0.000000145. The van der Waals surface area contributed by atoms with Gasteiger partial charge in [0.05, 0.1) is 17.4 Å².